The number of rotatable bonds is 8. The normalized spacial score (nSPS) is 12.4. The molecule has 0 aliphatic carbocycles. The summed E-state index contributed by atoms with van der Waals surface area (Å²) in [5.41, 5.74) is 1.87. The monoisotopic (exact) mass is 446 g/mol. The summed E-state index contributed by atoms with van der Waals surface area (Å²) >= 11 is 1.02. The summed E-state index contributed by atoms with van der Waals surface area (Å²) in [5, 5.41) is 4.50. The zero-order valence-corrected chi connectivity index (χ0v) is 18.3. The van der Waals surface area contributed by atoms with Gasteiger partial charge in [-0.05, 0) is 42.5 Å². The fourth-order valence-corrected chi connectivity index (χ4v) is 5.60. The molecule has 5 nitrogen and oxygen atoms in total. The van der Waals surface area contributed by atoms with Gasteiger partial charge in [0.05, 0.1) is 11.7 Å². The van der Waals surface area contributed by atoms with Gasteiger partial charge in [-0.1, -0.05) is 55.0 Å². The van der Waals surface area contributed by atoms with Gasteiger partial charge < -0.3 is 5.32 Å². The van der Waals surface area contributed by atoms with Crippen LogP contribution >= 0.6 is 11.3 Å². The third-order valence-corrected chi connectivity index (χ3v) is 7.80. The number of amides is 1. The first-order valence-electron chi connectivity index (χ1n) is 9.49. The number of thiophene rings is 1. The number of sulfonamides is 1. The van der Waals surface area contributed by atoms with Crippen molar-refractivity contribution in [2.24, 2.45) is 0 Å². The van der Waals surface area contributed by atoms with Crippen LogP contribution in [0.25, 0.3) is 0 Å². The van der Waals surface area contributed by atoms with Gasteiger partial charge >= 0.3 is 0 Å². The van der Waals surface area contributed by atoms with Crippen LogP contribution in [0.2, 0.25) is 0 Å². The summed E-state index contributed by atoms with van der Waals surface area (Å²) in [6, 6.07) is 16.1. The van der Waals surface area contributed by atoms with Gasteiger partial charge in [0.15, 0.2) is 0 Å². The van der Waals surface area contributed by atoms with Gasteiger partial charge in [-0.25, -0.2) is 12.8 Å². The minimum absolute atomic E-state index is 0.0455. The summed E-state index contributed by atoms with van der Waals surface area (Å²) in [7, 11) is -4.09. The van der Waals surface area contributed by atoms with Crippen molar-refractivity contribution in [2.75, 3.05) is 10.8 Å². The molecule has 1 heterocycles. The van der Waals surface area contributed by atoms with Crippen molar-refractivity contribution < 1.29 is 17.6 Å². The second-order valence-corrected chi connectivity index (χ2v) is 9.87. The van der Waals surface area contributed by atoms with Crippen molar-refractivity contribution in [2.45, 2.75) is 30.5 Å². The number of para-hydroxylation sites is 1. The van der Waals surface area contributed by atoms with Crippen molar-refractivity contribution in [1.82, 2.24) is 5.32 Å². The zero-order chi connectivity index (χ0) is 21.7. The first-order valence-corrected chi connectivity index (χ1v) is 11.8. The summed E-state index contributed by atoms with van der Waals surface area (Å²) < 4.78 is 41.6. The van der Waals surface area contributed by atoms with Gasteiger partial charge in [-0.3, -0.25) is 9.10 Å². The summed E-state index contributed by atoms with van der Waals surface area (Å²) in [6.45, 7) is 3.39. The van der Waals surface area contributed by atoms with Crippen LogP contribution in [0.5, 0.6) is 0 Å². The molecule has 0 saturated carbocycles. The second kappa shape index (κ2) is 9.40. The van der Waals surface area contributed by atoms with Crippen molar-refractivity contribution >= 4 is 33.0 Å². The van der Waals surface area contributed by atoms with E-state index in [1.165, 1.54) is 30.3 Å². The van der Waals surface area contributed by atoms with Gasteiger partial charge in [0.25, 0.3) is 10.0 Å². The van der Waals surface area contributed by atoms with Crippen LogP contribution in [0, 0.1) is 12.7 Å². The molecular formula is C22H23FN2O3S2. The Morgan fingerprint density at radius 2 is 1.80 bits per heavy atom. The van der Waals surface area contributed by atoms with Crippen molar-refractivity contribution in [3.63, 3.8) is 0 Å². The lowest BCUT2D eigenvalue weighted by Crippen LogP contribution is -2.42. The molecule has 1 atom stereocenters. The van der Waals surface area contributed by atoms with Gasteiger partial charge in [0.1, 0.15) is 16.6 Å². The molecule has 2 aromatic carbocycles. The number of anilines is 1. The van der Waals surface area contributed by atoms with Crippen molar-refractivity contribution in [3.05, 3.63) is 83.0 Å². The van der Waals surface area contributed by atoms with Crippen LogP contribution in [0.15, 0.2) is 70.3 Å². The molecule has 1 unspecified atom stereocenters. The highest BCUT2D eigenvalue weighted by Crippen LogP contribution is 2.28. The Labute approximate surface area is 180 Å². The Bertz CT molecular complexity index is 1100. The SMILES string of the molecule is CCC(NC(=O)CN(c1ccccc1F)S(=O)(=O)c1cccs1)c1ccc(C)cc1. The smallest absolute Gasteiger partial charge is 0.274 e. The second-order valence-electron chi connectivity index (χ2n) is 6.83. The Kier molecular flexibility index (Phi) is 6.89. The number of nitrogens with zero attached hydrogens (tertiary/aromatic N) is 1. The number of halogens is 1. The molecule has 0 bridgehead atoms. The molecule has 0 aliphatic heterocycles. The summed E-state index contributed by atoms with van der Waals surface area (Å²) in [4.78, 5) is 12.8. The van der Waals surface area contributed by atoms with Crippen LogP contribution < -0.4 is 9.62 Å². The van der Waals surface area contributed by atoms with E-state index in [2.05, 4.69) is 5.32 Å². The van der Waals surface area contributed by atoms with E-state index in [0.29, 0.717) is 6.42 Å². The number of aryl methyl sites for hydroxylation is 1. The molecule has 0 radical (unpaired) electrons. The number of carbonyl (C=O) groups is 1. The molecule has 1 amide bonds. The van der Waals surface area contributed by atoms with Gasteiger partial charge in [0, 0.05) is 0 Å². The Hall–Kier alpha value is -2.71. The first-order chi connectivity index (χ1) is 14.3. The molecule has 1 aromatic heterocycles. The van der Waals surface area contributed by atoms with E-state index in [1.54, 1.807) is 11.4 Å². The number of carbonyl (C=O) groups excluding carboxylic acids is 1. The molecule has 1 N–H and O–H groups in total. The molecule has 0 fully saturated rings. The fourth-order valence-electron chi connectivity index (χ4n) is 3.06. The van der Waals surface area contributed by atoms with E-state index in [0.717, 1.165) is 26.8 Å². The molecule has 0 spiro atoms. The molecule has 3 rings (SSSR count). The van der Waals surface area contributed by atoms with E-state index in [1.807, 2.05) is 38.1 Å². The van der Waals surface area contributed by atoms with Crippen LogP contribution in [0.4, 0.5) is 10.1 Å². The average molecular weight is 447 g/mol. The molecular weight excluding hydrogens is 423 g/mol. The topological polar surface area (TPSA) is 66.5 Å². The minimum Gasteiger partial charge on any atom is -0.348 e. The molecule has 158 valence electrons. The molecule has 30 heavy (non-hydrogen) atoms. The number of benzene rings is 2. The van der Waals surface area contributed by atoms with Crippen LogP contribution in [-0.4, -0.2) is 20.9 Å². The third kappa shape index (κ3) is 4.88. The highest BCUT2D eigenvalue weighted by molar-refractivity contribution is 7.94. The van der Waals surface area contributed by atoms with Gasteiger partial charge in [0.2, 0.25) is 5.91 Å². The average Bonchev–Trinajstić information content (AvgIpc) is 3.27. The molecule has 0 aliphatic rings. The predicted octanol–water partition coefficient (Wildman–Crippen LogP) is 4.66. The standard InChI is InChI=1S/C22H23FN2O3S2/c1-3-19(17-12-10-16(2)11-13-17)24-21(26)15-25(20-8-5-4-7-18(20)23)30(27,28)22-9-6-14-29-22/h4-14,19H,3,15H2,1-2H3,(H,24,26). The highest BCUT2D eigenvalue weighted by Gasteiger charge is 2.30. The van der Waals surface area contributed by atoms with Crippen molar-refractivity contribution in [3.8, 4) is 0 Å². The van der Waals surface area contributed by atoms with E-state index in [9.17, 15) is 17.6 Å². The maximum atomic E-state index is 14.5. The van der Waals surface area contributed by atoms with Crippen LogP contribution in [0.3, 0.4) is 0 Å². The Morgan fingerprint density at radius 3 is 2.40 bits per heavy atom. The lowest BCUT2D eigenvalue weighted by molar-refractivity contribution is -0.120. The quantitative estimate of drug-likeness (QED) is 0.547. The lowest BCUT2D eigenvalue weighted by Gasteiger charge is -2.25. The lowest BCUT2D eigenvalue weighted by atomic mass is 10.0. The molecule has 8 heteroatoms. The number of hydrogen-bond acceptors (Lipinski definition) is 4. The van der Waals surface area contributed by atoms with Crippen LogP contribution in [0.1, 0.15) is 30.5 Å². The molecule has 0 saturated heterocycles. The van der Waals surface area contributed by atoms with Gasteiger partial charge in [-0.2, -0.15) is 0 Å². The van der Waals surface area contributed by atoms with E-state index >= 15 is 0 Å². The van der Waals surface area contributed by atoms with Gasteiger partial charge in [-0.15, -0.1) is 11.3 Å². The van der Waals surface area contributed by atoms with Crippen molar-refractivity contribution in [1.29, 1.82) is 0 Å². The largest absolute Gasteiger partial charge is 0.348 e. The van der Waals surface area contributed by atoms with E-state index in [4.69, 9.17) is 0 Å². The highest BCUT2D eigenvalue weighted by atomic mass is 32.2. The number of nitrogens with one attached hydrogen (secondary N) is 1. The van der Waals surface area contributed by atoms with E-state index in [-0.39, 0.29) is 15.9 Å². The third-order valence-electron chi connectivity index (χ3n) is 4.67. The fraction of sp³-hybridized carbons (Fsp3) is 0.227. The first kappa shape index (κ1) is 22.0. The summed E-state index contributed by atoms with van der Waals surface area (Å²) in [5.74, 6) is -1.22. The van der Waals surface area contributed by atoms with E-state index < -0.39 is 28.3 Å². The zero-order valence-electron chi connectivity index (χ0n) is 16.7. The maximum Gasteiger partial charge on any atom is 0.274 e. The summed E-state index contributed by atoms with van der Waals surface area (Å²) in [6.07, 6.45) is 0.631. The minimum atomic E-state index is -4.09. The Morgan fingerprint density at radius 1 is 1.10 bits per heavy atom. The maximum absolute atomic E-state index is 14.5. The van der Waals surface area contributed by atoms with Crippen LogP contribution in [-0.2, 0) is 14.8 Å². The molecule has 3 aromatic rings. The number of hydrogen-bond donors (Lipinski definition) is 1. The Balaban J connectivity index is 1.88. The predicted molar refractivity (Wildman–Crippen MR) is 118 cm³/mol.